The number of halogens is 1. The lowest BCUT2D eigenvalue weighted by molar-refractivity contribution is -0.111. The molecular weight excluding hydrogens is 349 g/mol. The Hall–Kier alpha value is -3.02. The molecule has 0 radical (unpaired) electrons. The van der Waals surface area contributed by atoms with E-state index in [-0.39, 0.29) is 5.75 Å². The van der Waals surface area contributed by atoms with Gasteiger partial charge in [-0.1, -0.05) is 32.1 Å². The average Bonchev–Trinajstić information content (AvgIpc) is 2.68. The summed E-state index contributed by atoms with van der Waals surface area (Å²) in [5.74, 6) is 0.0348. The van der Waals surface area contributed by atoms with Gasteiger partial charge in [0.15, 0.2) is 23.1 Å². The van der Waals surface area contributed by atoms with E-state index < -0.39 is 11.7 Å². The average molecular weight is 373 g/mol. The topological polar surface area (TPSA) is 56.8 Å². The molecule has 0 aliphatic carbocycles. The van der Waals surface area contributed by atoms with Crippen LogP contribution in [0.2, 0.25) is 0 Å². The molecule has 27 heavy (non-hydrogen) atoms. The first-order valence-corrected chi connectivity index (χ1v) is 8.67. The van der Waals surface area contributed by atoms with Crippen LogP contribution in [0.15, 0.2) is 43.0 Å². The molecule has 0 fully saturated rings. The molecule has 0 saturated heterocycles. The molecule has 0 saturated carbocycles. The quantitative estimate of drug-likeness (QED) is 0.506. The van der Waals surface area contributed by atoms with Gasteiger partial charge in [0.1, 0.15) is 0 Å². The monoisotopic (exact) mass is 373 g/mol. The molecule has 0 spiro atoms. The van der Waals surface area contributed by atoms with Crippen LogP contribution < -0.4 is 19.5 Å². The summed E-state index contributed by atoms with van der Waals surface area (Å²) in [7, 11) is 2.99. The highest BCUT2D eigenvalue weighted by Gasteiger charge is 2.22. The number of rotatable bonds is 9. The van der Waals surface area contributed by atoms with Crippen LogP contribution in [0.25, 0.3) is 11.1 Å². The van der Waals surface area contributed by atoms with Crippen LogP contribution >= 0.6 is 0 Å². The minimum Gasteiger partial charge on any atom is -0.493 e. The predicted molar refractivity (Wildman–Crippen MR) is 104 cm³/mol. The van der Waals surface area contributed by atoms with Crippen LogP contribution in [0.4, 0.5) is 10.1 Å². The second kappa shape index (κ2) is 9.62. The van der Waals surface area contributed by atoms with E-state index in [4.69, 9.17) is 14.2 Å². The van der Waals surface area contributed by atoms with Crippen molar-refractivity contribution in [2.24, 2.45) is 0 Å². The third kappa shape index (κ3) is 4.58. The normalized spacial score (nSPS) is 10.2. The zero-order valence-electron chi connectivity index (χ0n) is 15.8. The lowest BCUT2D eigenvalue weighted by Gasteiger charge is -2.20. The molecule has 144 valence electrons. The maximum atomic E-state index is 14.5. The van der Waals surface area contributed by atoms with E-state index in [9.17, 15) is 9.18 Å². The second-order valence-electron chi connectivity index (χ2n) is 5.74. The number of carbonyl (C=O) groups excluding carboxylic acids is 1. The van der Waals surface area contributed by atoms with Crippen LogP contribution in [-0.4, -0.2) is 26.7 Å². The summed E-state index contributed by atoms with van der Waals surface area (Å²) in [4.78, 5) is 11.9. The third-order valence-corrected chi connectivity index (χ3v) is 3.97. The first-order chi connectivity index (χ1) is 13.1. The van der Waals surface area contributed by atoms with E-state index in [0.29, 0.717) is 34.9 Å². The highest BCUT2D eigenvalue weighted by atomic mass is 19.1. The zero-order valence-corrected chi connectivity index (χ0v) is 15.8. The molecule has 0 bridgehead atoms. The van der Waals surface area contributed by atoms with Crippen molar-refractivity contribution in [3.05, 3.63) is 48.8 Å². The van der Waals surface area contributed by atoms with Crippen molar-refractivity contribution >= 4 is 11.6 Å². The van der Waals surface area contributed by atoms with Gasteiger partial charge in [-0.2, -0.15) is 0 Å². The summed E-state index contributed by atoms with van der Waals surface area (Å²) in [6.07, 6.45) is 2.88. The SMILES string of the molecule is C=CC(=O)Nc1ccc(OC)c(OC)c1-c1cccc(F)c1OCCCC. The fourth-order valence-electron chi connectivity index (χ4n) is 2.65. The fraction of sp³-hybridized carbons (Fsp3) is 0.286. The Labute approximate surface area is 158 Å². The maximum absolute atomic E-state index is 14.5. The summed E-state index contributed by atoms with van der Waals surface area (Å²) in [6, 6.07) is 7.96. The van der Waals surface area contributed by atoms with E-state index in [0.717, 1.165) is 18.9 Å². The summed E-state index contributed by atoms with van der Waals surface area (Å²) in [5, 5.41) is 2.73. The van der Waals surface area contributed by atoms with E-state index in [1.807, 2.05) is 6.92 Å². The number of ether oxygens (including phenoxy) is 3. The Kier molecular flexibility index (Phi) is 7.23. The number of nitrogens with one attached hydrogen (secondary N) is 1. The van der Waals surface area contributed by atoms with Crippen molar-refractivity contribution in [2.75, 3.05) is 26.1 Å². The third-order valence-electron chi connectivity index (χ3n) is 3.97. The van der Waals surface area contributed by atoms with E-state index in [1.165, 1.54) is 20.3 Å². The molecule has 1 amide bonds. The zero-order chi connectivity index (χ0) is 19.8. The van der Waals surface area contributed by atoms with Gasteiger partial charge in [-0.25, -0.2) is 4.39 Å². The molecule has 0 heterocycles. The lowest BCUT2D eigenvalue weighted by atomic mass is 10.00. The van der Waals surface area contributed by atoms with Crippen molar-refractivity contribution in [3.63, 3.8) is 0 Å². The number of hydrogen-bond acceptors (Lipinski definition) is 4. The highest BCUT2D eigenvalue weighted by Crippen LogP contribution is 2.47. The Morgan fingerprint density at radius 1 is 1.19 bits per heavy atom. The van der Waals surface area contributed by atoms with Gasteiger partial charge in [0.25, 0.3) is 0 Å². The number of methoxy groups -OCH3 is 2. The lowest BCUT2D eigenvalue weighted by Crippen LogP contribution is -2.10. The number of para-hydroxylation sites is 1. The second-order valence-corrected chi connectivity index (χ2v) is 5.74. The Morgan fingerprint density at radius 2 is 1.96 bits per heavy atom. The van der Waals surface area contributed by atoms with Crippen LogP contribution in [0.3, 0.4) is 0 Å². The van der Waals surface area contributed by atoms with Gasteiger partial charge in [0.05, 0.1) is 32.1 Å². The molecule has 2 rings (SSSR count). The highest BCUT2D eigenvalue weighted by molar-refractivity contribution is 6.03. The molecule has 0 aromatic heterocycles. The molecular formula is C21H24FNO4. The van der Waals surface area contributed by atoms with Gasteiger partial charge in [-0.3, -0.25) is 4.79 Å². The van der Waals surface area contributed by atoms with E-state index in [1.54, 1.807) is 24.3 Å². The Bertz CT molecular complexity index is 820. The van der Waals surface area contributed by atoms with Crippen LogP contribution in [0.1, 0.15) is 19.8 Å². The number of hydrogen-bond donors (Lipinski definition) is 1. The molecule has 5 nitrogen and oxygen atoms in total. The first kappa shape index (κ1) is 20.3. The molecule has 0 atom stereocenters. The standard InChI is InChI=1S/C21H24FNO4/c1-5-7-13-27-20-14(9-8-10-15(20)22)19-16(23-18(24)6-2)11-12-17(25-3)21(19)26-4/h6,8-12H,2,5,7,13H2,1,3-4H3,(H,23,24). The van der Waals surface area contributed by atoms with Gasteiger partial charge in [-0.05, 0) is 30.7 Å². The maximum Gasteiger partial charge on any atom is 0.247 e. The minimum atomic E-state index is -0.491. The molecule has 0 aliphatic heterocycles. The van der Waals surface area contributed by atoms with E-state index >= 15 is 0 Å². The minimum absolute atomic E-state index is 0.103. The van der Waals surface area contributed by atoms with Crippen molar-refractivity contribution in [2.45, 2.75) is 19.8 Å². The summed E-state index contributed by atoms with van der Waals surface area (Å²) in [5.41, 5.74) is 1.36. The van der Waals surface area contributed by atoms with Crippen molar-refractivity contribution in [1.29, 1.82) is 0 Å². The number of amides is 1. The van der Waals surface area contributed by atoms with Gasteiger partial charge < -0.3 is 19.5 Å². The molecule has 2 aromatic carbocycles. The molecule has 0 unspecified atom stereocenters. The number of carbonyl (C=O) groups is 1. The van der Waals surface area contributed by atoms with Gasteiger partial charge in [-0.15, -0.1) is 0 Å². The predicted octanol–water partition coefficient (Wildman–Crippen LogP) is 4.81. The Balaban J connectivity index is 2.69. The molecule has 1 N–H and O–H groups in total. The van der Waals surface area contributed by atoms with Crippen LogP contribution in [0, 0.1) is 5.82 Å². The summed E-state index contributed by atoms with van der Waals surface area (Å²) >= 11 is 0. The summed E-state index contributed by atoms with van der Waals surface area (Å²) < 4.78 is 31.1. The van der Waals surface area contributed by atoms with Crippen LogP contribution in [0.5, 0.6) is 17.2 Å². The fourth-order valence-corrected chi connectivity index (χ4v) is 2.65. The molecule has 6 heteroatoms. The number of benzene rings is 2. The van der Waals surface area contributed by atoms with Crippen molar-refractivity contribution in [3.8, 4) is 28.4 Å². The van der Waals surface area contributed by atoms with Crippen LogP contribution in [-0.2, 0) is 4.79 Å². The smallest absolute Gasteiger partial charge is 0.247 e. The number of anilines is 1. The van der Waals surface area contributed by atoms with Crippen molar-refractivity contribution in [1.82, 2.24) is 0 Å². The number of unbranched alkanes of at least 4 members (excludes halogenated alkanes) is 1. The van der Waals surface area contributed by atoms with Gasteiger partial charge in [0, 0.05) is 5.56 Å². The summed E-state index contributed by atoms with van der Waals surface area (Å²) in [6.45, 7) is 5.87. The molecule has 0 aliphatic rings. The van der Waals surface area contributed by atoms with Crippen molar-refractivity contribution < 1.29 is 23.4 Å². The van der Waals surface area contributed by atoms with Gasteiger partial charge in [0.2, 0.25) is 5.91 Å². The largest absolute Gasteiger partial charge is 0.493 e. The Morgan fingerprint density at radius 3 is 2.59 bits per heavy atom. The van der Waals surface area contributed by atoms with Gasteiger partial charge >= 0.3 is 0 Å². The first-order valence-electron chi connectivity index (χ1n) is 8.67. The van der Waals surface area contributed by atoms with E-state index in [2.05, 4.69) is 11.9 Å². The molecule has 2 aromatic rings.